The van der Waals surface area contributed by atoms with Gasteiger partial charge in [0.1, 0.15) is 17.0 Å². The van der Waals surface area contributed by atoms with Gasteiger partial charge in [0.2, 0.25) is 5.91 Å². The van der Waals surface area contributed by atoms with Crippen LogP contribution < -0.4 is 10.9 Å². The number of nitrogens with zero attached hydrogens (tertiary/aromatic N) is 1. The van der Waals surface area contributed by atoms with Crippen LogP contribution in [0.2, 0.25) is 5.02 Å². The van der Waals surface area contributed by atoms with Crippen LogP contribution in [0.3, 0.4) is 0 Å². The van der Waals surface area contributed by atoms with E-state index < -0.39 is 24.4 Å². The fraction of sp³-hybridized carbons (Fsp3) is 0.200. The summed E-state index contributed by atoms with van der Waals surface area (Å²) in [6.45, 7) is 2.19. The van der Waals surface area contributed by atoms with Crippen molar-refractivity contribution in [3.63, 3.8) is 0 Å². The molecule has 1 heterocycles. The van der Waals surface area contributed by atoms with Crippen molar-refractivity contribution in [1.29, 1.82) is 0 Å². The molecule has 24 heavy (non-hydrogen) atoms. The molecule has 0 bridgehead atoms. The Morgan fingerprint density at radius 3 is 2.62 bits per heavy atom. The second-order valence-corrected chi connectivity index (χ2v) is 5.15. The van der Waals surface area contributed by atoms with Crippen molar-refractivity contribution >= 4 is 29.4 Å². The van der Waals surface area contributed by atoms with Gasteiger partial charge in [0, 0.05) is 12.5 Å². The van der Waals surface area contributed by atoms with E-state index in [0.29, 0.717) is 10.6 Å². The Balaban J connectivity index is 2.13. The third-order valence-corrected chi connectivity index (χ3v) is 3.24. The number of ether oxygens (including phenoxy) is 1. The molecular formula is C15H14ClN3O5. The third-order valence-electron chi connectivity index (χ3n) is 2.91. The molecule has 0 spiro atoms. The van der Waals surface area contributed by atoms with Gasteiger partial charge in [-0.2, -0.15) is 0 Å². The number of rotatable bonds is 4. The molecule has 2 rings (SSSR count). The number of carbonyl (C=O) groups is 3. The highest BCUT2D eigenvalue weighted by molar-refractivity contribution is 6.33. The molecule has 0 radical (unpaired) electrons. The Labute approximate surface area is 142 Å². The van der Waals surface area contributed by atoms with Gasteiger partial charge in [0.05, 0.1) is 5.02 Å². The second-order valence-electron chi connectivity index (χ2n) is 4.75. The minimum absolute atomic E-state index is 0.0791. The standard InChI is InChI=1S/C15H14ClN3O5/c1-8-13(15(22)23-7-12(21)18-17-9(2)20)14(19-24-8)10-5-3-4-6-11(10)16/h3-6H,7H2,1-2H3,(H,17,20)(H,18,21). The number of hydrogen-bond acceptors (Lipinski definition) is 6. The van der Waals surface area contributed by atoms with Gasteiger partial charge >= 0.3 is 5.97 Å². The zero-order valence-corrected chi connectivity index (χ0v) is 13.6. The van der Waals surface area contributed by atoms with E-state index in [1.165, 1.54) is 6.92 Å². The molecule has 2 amide bonds. The van der Waals surface area contributed by atoms with Crippen LogP contribution in [0.1, 0.15) is 23.0 Å². The SMILES string of the molecule is CC(=O)NNC(=O)COC(=O)c1c(-c2ccccc2Cl)noc1C. The topological polar surface area (TPSA) is 111 Å². The molecule has 2 N–H and O–H groups in total. The van der Waals surface area contributed by atoms with Crippen LogP contribution in [0.15, 0.2) is 28.8 Å². The van der Waals surface area contributed by atoms with Crippen molar-refractivity contribution < 1.29 is 23.6 Å². The van der Waals surface area contributed by atoms with E-state index >= 15 is 0 Å². The van der Waals surface area contributed by atoms with E-state index in [9.17, 15) is 14.4 Å². The van der Waals surface area contributed by atoms with Crippen LogP contribution in [0.25, 0.3) is 11.3 Å². The minimum atomic E-state index is -0.790. The average molecular weight is 352 g/mol. The smallest absolute Gasteiger partial charge is 0.344 e. The van der Waals surface area contributed by atoms with Crippen molar-refractivity contribution in [3.8, 4) is 11.3 Å². The van der Waals surface area contributed by atoms with E-state index in [0.717, 1.165) is 0 Å². The summed E-state index contributed by atoms with van der Waals surface area (Å²) in [4.78, 5) is 34.4. The summed E-state index contributed by atoms with van der Waals surface area (Å²) < 4.78 is 9.96. The van der Waals surface area contributed by atoms with E-state index in [2.05, 4.69) is 16.0 Å². The van der Waals surface area contributed by atoms with Gasteiger partial charge in [-0.1, -0.05) is 35.0 Å². The van der Waals surface area contributed by atoms with Gasteiger partial charge in [-0.05, 0) is 13.0 Å². The van der Waals surface area contributed by atoms with Gasteiger partial charge in [-0.25, -0.2) is 4.79 Å². The maximum atomic E-state index is 12.2. The average Bonchev–Trinajstić information content (AvgIpc) is 2.92. The van der Waals surface area contributed by atoms with Crippen LogP contribution in [0.5, 0.6) is 0 Å². The van der Waals surface area contributed by atoms with Crippen molar-refractivity contribution in [3.05, 3.63) is 40.6 Å². The first-order valence-corrected chi connectivity index (χ1v) is 7.21. The molecule has 0 atom stereocenters. The zero-order chi connectivity index (χ0) is 17.7. The van der Waals surface area contributed by atoms with Crippen LogP contribution >= 0.6 is 11.6 Å². The number of hydrogen-bond donors (Lipinski definition) is 2. The van der Waals surface area contributed by atoms with Crippen LogP contribution in [0, 0.1) is 6.92 Å². The third kappa shape index (κ3) is 4.11. The van der Waals surface area contributed by atoms with Gasteiger partial charge in [0.15, 0.2) is 6.61 Å². The van der Waals surface area contributed by atoms with Crippen LogP contribution in [0.4, 0.5) is 0 Å². The van der Waals surface area contributed by atoms with Crippen LogP contribution in [-0.4, -0.2) is 29.5 Å². The highest BCUT2D eigenvalue weighted by atomic mass is 35.5. The van der Waals surface area contributed by atoms with Crippen molar-refractivity contribution in [2.75, 3.05) is 6.61 Å². The van der Waals surface area contributed by atoms with E-state index in [-0.39, 0.29) is 17.0 Å². The molecule has 0 aliphatic rings. The van der Waals surface area contributed by atoms with Gasteiger partial charge in [-0.15, -0.1) is 0 Å². The lowest BCUT2D eigenvalue weighted by molar-refractivity contribution is -0.129. The van der Waals surface area contributed by atoms with Gasteiger partial charge < -0.3 is 9.26 Å². The monoisotopic (exact) mass is 351 g/mol. The maximum absolute atomic E-state index is 12.2. The van der Waals surface area contributed by atoms with Crippen LogP contribution in [-0.2, 0) is 14.3 Å². The Kier molecular flexibility index (Phi) is 5.54. The summed E-state index contributed by atoms with van der Waals surface area (Å²) in [5.41, 5.74) is 4.97. The number of benzene rings is 1. The number of amides is 2. The molecule has 0 aliphatic carbocycles. The molecule has 0 unspecified atom stereocenters. The molecule has 1 aromatic carbocycles. The predicted molar refractivity (Wildman–Crippen MR) is 83.9 cm³/mol. The molecule has 0 saturated heterocycles. The second kappa shape index (κ2) is 7.60. The summed E-state index contributed by atoms with van der Waals surface area (Å²) in [5, 5.41) is 4.23. The zero-order valence-electron chi connectivity index (χ0n) is 12.9. The number of carbonyl (C=O) groups excluding carboxylic acids is 3. The fourth-order valence-corrected chi connectivity index (χ4v) is 2.07. The normalized spacial score (nSPS) is 10.1. The summed E-state index contributed by atoms with van der Waals surface area (Å²) in [5.74, 6) is -1.70. The lowest BCUT2D eigenvalue weighted by Gasteiger charge is -2.07. The lowest BCUT2D eigenvalue weighted by Crippen LogP contribution is -2.42. The number of aryl methyl sites for hydroxylation is 1. The highest BCUT2D eigenvalue weighted by Gasteiger charge is 2.24. The molecule has 2 aromatic rings. The van der Waals surface area contributed by atoms with Gasteiger partial charge in [-0.3, -0.25) is 20.4 Å². The number of esters is 1. The van der Waals surface area contributed by atoms with Crippen molar-refractivity contribution in [1.82, 2.24) is 16.0 Å². The van der Waals surface area contributed by atoms with E-state index in [4.69, 9.17) is 20.9 Å². The first-order valence-electron chi connectivity index (χ1n) is 6.84. The molecule has 0 fully saturated rings. The highest BCUT2D eigenvalue weighted by Crippen LogP contribution is 2.31. The number of halogens is 1. The lowest BCUT2D eigenvalue weighted by atomic mass is 10.1. The van der Waals surface area contributed by atoms with Crippen molar-refractivity contribution in [2.45, 2.75) is 13.8 Å². The summed E-state index contributed by atoms with van der Waals surface area (Å²) in [7, 11) is 0. The summed E-state index contributed by atoms with van der Waals surface area (Å²) in [6, 6.07) is 6.81. The number of hydrazine groups is 1. The molecule has 0 aliphatic heterocycles. The van der Waals surface area contributed by atoms with Gasteiger partial charge in [0.25, 0.3) is 5.91 Å². The van der Waals surface area contributed by atoms with E-state index in [1.54, 1.807) is 31.2 Å². The number of aromatic nitrogens is 1. The maximum Gasteiger partial charge on any atom is 0.344 e. The Hall–Kier alpha value is -2.87. The Morgan fingerprint density at radius 1 is 1.25 bits per heavy atom. The quantitative estimate of drug-likeness (QED) is 0.639. The Morgan fingerprint density at radius 2 is 1.96 bits per heavy atom. The molecule has 1 aromatic heterocycles. The van der Waals surface area contributed by atoms with E-state index in [1.807, 2.05) is 0 Å². The summed E-state index contributed by atoms with van der Waals surface area (Å²) >= 11 is 6.10. The van der Waals surface area contributed by atoms with Crippen molar-refractivity contribution in [2.24, 2.45) is 0 Å². The minimum Gasteiger partial charge on any atom is -0.452 e. The first kappa shape index (κ1) is 17.5. The molecule has 9 heteroatoms. The molecule has 126 valence electrons. The molecule has 0 saturated carbocycles. The molecular weight excluding hydrogens is 338 g/mol. The largest absolute Gasteiger partial charge is 0.452 e. The molecule has 8 nitrogen and oxygen atoms in total. The summed E-state index contributed by atoms with van der Waals surface area (Å²) in [6.07, 6.45) is 0. The fourth-order valence-electron chi connectivity index (χ4n) is 1.85. The predicted octanol–water partition coefficient (Wildman–Crippen LogP) is 1.63. The Bertz CT molecular complexity index is 787. The first-order chi connectivity index (χ1) is 11.4. The number of nitrogens with one attached hydrogen (secondary N) is 2.